The van der Waals surface area contributed by atoms with Crippen molar-refractivity contribution in [2.45, 2.75) is 6.92 Å². The van der Waals surface area contributed by atoms with Crippen LogP contribution in [0.1, 0.15) is 6.92 Å². The third kappa shape index (κ3) is 2.03. The predicted molar refractivity (Wildman–Crippen MR) is 43.1 cm³/mol. The number of hydrogen-bond donors (Lipinski definition) is 1. The molecule has 1 aliphatic rings. The molecule has 0 aromatic rings. The highest BCUT2D eigenvalue weighted by Gasteiger charge is 1.99. The second-order valence-electron chi connectivity index (χ2n) is 2.03. The largest absolute Gasteiger partial charge is 0.481 e. The zero-order valence-electron chi connectivity index (χ0n) is 6.37. The van der Waals surface area contributed by atoms with E-state index in [0.29, 0.717) is 12.2 Å². The number of allylic oxidation sites excluding steroid dienone is 4. The van der Waals surface area contributed by atoms with E-state index in [4.69, 9.17) is 4.74 Å². The first-order valence-corrected chi connectivity index (χ1v) is 3.49. The molecule has 58 valence electrons. The van der Waals surface area contributed by atoms with Crippen molar-refractivity contribution in [1.82, 2.24) is 0 Å². The Morgan fingerprint density at radius 3 is 3.09 bits per heavy atom. The quantitative estimate of drug-likeness (QED) is 0.482. The van der Waals surface area contributed by atoms with E-state index < -0.39 is 0 Å². The molecule has 0 saturated heterocycles. The summed E-state index contributed by atoms with van der Waals surface area (Å²) < 4.78 is 4.88. The standard InChI is InChI=1S/C9H10O2/c1-2-11-9(10)8-6-4-3-5-7-8/h3-4,6-7,10H,2H2,1H3/b9-8+. The zero-order chi connectivity index (χ0) is 8.10. The molecule has 0 aliphatic heterocycles. The summed E-state index contributed by atoms with van der Waals surface area (Å²) in [6.07, 6.45) is 7.00. The second-order valence-corrected chi connectivity index (χ2v) is 2.03. The van der Waals surface area contributed by atoms with E-state index in [1.54, 1.807) is 24.3 Å². The normalized spacial score (nSPS) is 18.6. The number of aliphatic hydroxyl groups excluding tert-OH is 1. The van der Waals surface area contributed by atoms with Crippen molar-refractivity contribution in [2.24, 2.45) is 0 Å². The van der Waals surface area contributed by atoms with E-state index in [1.807, 2.05) is 6.92 Å². The topological polar surface area (TPSA) is 29.5 Å². The summed E-state index contributed by atoms with van der Waals surface area (Å²) in [5, 5.41) is 9.19. The molecule has 2 nitrogen and oxygen atoms in total. The van der Waals surface area contributed by atoms with Crippen molar-refractivity contribution >= 4 is 0 Å². The fraction of sp³-hybridized carbons (Fsp3) is 0.222. The van der Waals surface area contributed by atoms with Crippen LogP contribution in [0.5, 0.6) is 0 Å². The average Bonchev–Trinajstić information content (AvgIpc) is 2.07. The van der Waals surface area contributed by atoms with Gasteiger partial charge in [0.2, 0.25) is 0 Å². The smallest absolute Gasteiger partial charge is 0.284 e. The van der Waals surface area contributed by atoms with E-state index in [2.05, 4.69) is 5.73 Å². The van der Waals surface area contributed by atoms with Crippen LogP contribution < -0.4 is 0 Å². The van der Waals surface area contributed by atoms with Gasteiger partial charge in [-0.05, 0) is 25.2 Å². The molecule has 0 aromatic heterocycles. The first-order chi connectivity index (χ1) is 5.34. The minimum atomic E-state index is -0.0376. The molecular weight excluding hydrogens is 140 g/mol. The van der Waals surface area contributed by atoms with Gasteiger partial charge in [0.25, 0.3) is 5.95 Å². The maximum atomic E-state index is 9.19. The molecule has 2 heteroatoms. The van der Waals surface area contributed by atoms with Gasteiger partial charge >= 0.3 is 0 Å². The summed E-state index contributed by atoms with van der Waals surface area (Å²) >= 11 is 0. The van der Waals surface area contributed by atoms with Crippen LogP contribution in [0.2, 0.25) is 0 Å². The Balaban J connectivity index is 2.79. The van der Waals surface area contributed by atoms with Gasteiger partial charge in [0.1, 0.15) is 0 Å². The fourth-order valence-corrected chi connectivity index (χ4v) is 0.746. The third-order valence-corrected chi connectivity index (χ3v) is 1.24. The maximum Gasteiger partial charge on any atom is 0.284 e. The molecule has 0 bridgehead atoms. The zero-order valence-corrected chi connectivity index (χ0v) is 6.37. The predicted octanol–water partition coefficient (Wildman–Crippen LogP) is 2.07. The molecule has 0 heterocycles. The molecular formula is C9H10O2. The minimum absolute atomic E-state index is 0.0376. The van der Waals surface area contributed by atoms with Crippen LogP contribution >= 0.6 is 0 Å². The Kier molecular flexibility index (Phi) is 2.59. The van der Waals surface area contributed by atoms with Gasteiger partial charge in [-0.25, -0.2) is 0 Å². The molecule has 1 rings (SSSR count). The molecule has 1 N–H and O–H groups in total. The van der Waals surface area contributed by atoms with Gasteiger partial charge in [-0.2, -0.15) is 0 Å². The molecule has 0 atom stereocenters. The number of hydrogen-bond acceptors (Lipinski definition) is 2. The first-order valence-electron chi connectivity index (χ1n) is 3.49. The highest BCUT2D eigenvalue weighted by atomic mass is 16.6. The van der Waals surface area contributed by atoms with E-state index in [9.17, 15) is 5.11 Å². The number of aliphatic hydroxyl groups is 1. The van der Waals surface area contributed by atoms with Gasteiger partial charge in [-0.3, -0.25) is 0 Å². The maximum absolute atomic E-state index is 9.19. The van der Waals surface area contributed by atoms with Crippen LogP contribution in [0.25, 0.3) is 0 Å². The summed E-state index contributed by atoms with van der Waals surface area (Å²) in [7, 11) is 0. The van der Waals surface area contributed by atoms with Crippen molar-refractivity contribution in [3.63, 3.8) is 0 Å². The Morgan fingerprint density at radius 2 is 2.55 bits per heavy atom. The summed E-state index contributed by atoms with van der Waals surface area (Å²) in [4.78, 5) is 0. The lowest BCUT2D eigenvalue weighted by Gasteiger charge is -2.03. The van der Waals surface area contributed by atoms with Crippen LogP contribution in [0.15, 0.2) is 41.6 Å². The van der Waals surface area contributed by atoms with E-state index in [-0.39, 0.29) is 5.95 Å². The lowest BCUT2D eigenvalue weighted by Crippen LogP contribution is -1.93. The van der Waals surface area contributed by atoms with E-state index in [1.165, 1.54) is 0 Å². The average molecular weight is 150 g/mol. The molecule has 0 amide bonds. The molecule has 0 unspecified atom stereocenters. The molecule has 0 radical (unpaired) electrons. The van der Waals surface area contributed by atoms with E-state index >= 15 is 0 Å². The van der Waals surface area contributed by atoms with Gasteiger partial charge in [0.15, 0.2) is 0 Å². The minimum Gasteiger partial charge on any atom is -0.481 e. The van der Waals surface area contributed by atoms with Crippen LogP contribution in [-0.2, 0) is 4.74 Å². The van der Waals surface area contributed by atoms with Crippen LogP contribution in [0, 0.1) is 0 Å². The number of ether oxygens (including phenoxy) is 1. The lowest BCUT2D eigenvalue weighted by molar-refractivity contribution is 0.100. The van der Waals surface area contributed by atoms with Crippen molar-refractivity contribution in [3.8, 4) is 0 Å². The van der Waals surface area contributed by atoms with Gasteiger partial charge < -0.3 is 9.84 Å². The van der Waals surface area contributed by atoms with Crippen LogP contribution in [0.3, 0.4) is 0 Å². The van der Waals surface area contributed by atoms with Crippen LogP contribution in [-0.4, -0.2) is 11.7 Å². The second kappa shape index (κ2) is 3.69. The highest BCUT2D eigenvalue weighted by molar-refractivity contribution is 5.36. The van der Waals surface area contributed by atoms with Crippen LogP contribution in [0.4, 0.5) is 0 Å². The number of rotatable bonds is 2. The molecule has 11 heavy (non-hydrogen) atoms. The summed E-state index contributed by atoms with van der Waals surface area (Å²) in [5.74, 6) is -0.0376. The molecule has 0 saturated carbocycles. The molecule has 1 aliphatic carbocycles. The Hall–Kier alpha value is -1.40. The van der Waals surface area contributed by atoms with Gasteiger partial charge in [0, 0.05) is 0 Å². The lowest BCUT2D eigenvalue weighted by atomic mass is 10.2. The summed E-state index contributed by atoms with van der Waals surface area (Å²) in [5.41, 5.74) is 3.50. The monoisotopic (exact) mass is 150 g/mol. The Bertz CT molecular complexity index is 253. The Morgan fingerprint density at radius 1 is 1.73 bits per heavy atom. The van der Waals surface area contributed by atoms with E-state index in [0.717, 1.165) is 0 Å². The van der Waals surface area contributed by atoms with Crippen molar-refractivity contribution < 1.29 is 9.84 Å². The van der Waals surface area contributed by atoms with Gasteiger partial charge in [-0.1, -0.05) is 6.08 Å². The van der Waals surface area contributed by atoms with Crippen molar-refractivity contribution in [3.05, 3.63) is 41.6 Å². The highest BCUT2D eigenvalue weighted by Crippen LogP contribution is 2.08. The summed E-state index contributed by atoms with van der Waals surface area (Å²) in [6, 6.07) is 0. The molecule has 0 spiro atoms. The van der Waals surface area contributed by atoms with Gasteiger partial charge in [0.05, 0.1) is 12.2 Å². The first kappa shape index (κ1) is 7.70. The van der Waals surface area contributed by atoms with Gasteiger partial charge in [-0.15, -0.1) is 5.73 Å². The molecule has 0 fully saturated rings. The molecule has 0 aromatic carbocycles. The third-order valence-electron chi connectivity index (χ3n) is 1.24. The van der Waals surface area contributed by atoms with Crippen molar-refractivity contribution in [1.29, 1.82) is 0 Å². The Labute approximate surface area is 65.8 Å². The fourth-order valence-electron chi connectivity index (χ4n) is 0.746. The summed E-state index contributed by atoms with van der Waals surface area (Å²) in [6.45, 7) is 2.30. The van der Waals surface area contributed by atoms with Crippen molar-refractivity contribution in [2.75, 3.05) is 6.61 Å². The SMILES string of the molecule is CCO/C(O)=C1/C=C=CC=C1.